The molecule has 2 rings (SSSR count). The van der Waals surface area contributed by atoms with Gasteiger partial charge in [0, 0.05) is 12.6 Å². The highest BCUT2D eigenvalue weighted by Gasteiger charge is 2.18. The molecular weight excluding hydrogens is 332 g/mol. The quantitative estimate of drug-likeness (QED) is 0.737. The van der Waals surface area contributed by atoms with E-state index in [1.54, 1.807) is 12.1 Å². The van der Waals surface area contributed by atoms with Crippen molar-refractivity contribution in [3.8, 4) is 5.75 Å². The van der Waals surface area contributed by atoms with Crippen LogP contribution in [0.15, 0.2) is 30.2 Å². The third kappa shape index (κ3) is 5.41. The number of rotatable bonds is 6. The summed E-state index contributed by atoms with van der Waals surface area (Å²) in [4.78, 5) is 34.8. The lowest BCUT2D eigenvalue weighted by molar-refractivity contribution is -0.148. The molecule has 0 aromatic heterocycles. The lowest BCUT2D eigenvalue weighted by Gasteiger charge is -2.15. The number of benzene rings is 1. The van der Waals surface area contributed by atoms with Gasteiger partial charge in [-0.1, -0.05) is 0 Å². The SMILES string of the molecule is COc1ccc(NC(C)=O)cc1NC(=O)COC(=O)C1=COCCO1. The number of nitrogens with one attached hydrogen (secondary N) is 2. The van der Waals surface area contributed by atoms with E-state index in [-0.39, 0.29) is 18.3 Å². The minimum atomic E-state index is -0.797. The summed E-state index contributed by atoms with van der Waals surface area (Å²) in [5.41, 5.74) is 0.810. The second-order valence-electron chi connectivity index (χ2n) is 4.92. The Balaban J connectivity index is 1.95. The Kier molecular flexibility index (Phi) is 6.21. The average Bonchev–Trinajstić information content (AvgIpc) is 2.60. The van der Waals surface area contributed by atoms with Crippen molar-refractivity contribution in [1.29, 1.82) is 0 Å². The molecule has 1 aromatic carbocycles. The molecule has 0 atom stereocenters. The van der Waals surface area contributed by atoms with E-state index in [1.807, 2.05) is 0 Å². The molecular formula is C16H18N2O7. The largest absolute Gasteiger partial charge is 0.495 e. The summed E-state index contributed by atoms with van der Waals surface area (Å²) in [7, 11) is 1.44. The van der Waals surface area contributed by atoms with E-state index in [2.05, 4.69) is 10.6 Å². The number of methoxy groups -OCH3 is 1. The van der Waals surface area contributed by atoms with Crippen molar-refractivity contribution >= 4 is 29.2 Å². The van der Waals surface area contributed by atoms with E-state index in [0.29, 0.717) is 23.7 Å². The van der Waals surface area contributed by atoms with Crippen molar-refractivity contribution in [2.75, 3.05) is 37.6 Å². The zero-order valence-electron chi connectivity index (χ0n) is 13.8. The maximum atomic E-state index is 12.0. The molecule has 0 unspecified atom stereocenters. The number of carbonyl (C=O) groups is 3. The van der Waals surface area contributed by atoms with E-state index in [0.717, 1.165) is 6.26 Å². The molecule has 0 saturated carbocycles. The maximum Gasteiger partial charge on any atom is 0.377 e. The Morgan fingerprint density at radius 1 is 1.20 bits per heavy atom. The molecule has 0 fully saturated rings. The van der Waals surface area contributed by atoms with Gasteiger partial charge in [0.25, 0.3) is 5.91 Å². The first-order chi connectivity index (χ1) is 12.0. The third-order valence-electron chi connectivity index (χ3n) is 2.98. The smallest absolute Gasteiger partial charge is 0.377 e. The van der Waals surface area contributed by atoms with Crippen LogP contribution in [-0.4, -0.2) is 44.7 Å². The average molecular weight is 350 g/mol. The molecule has 0 saturated heterocycles. The summed E-state index contributed by atoms with van der Waals surface area (Å²) in [5, 5.41) is 5.14. The number of amides is 2. The van der Waals surface area contributed by atoms with Crippen LogP contribution in [-0.2, 0) is 28.6 Å². The normalized spacial score (nSPS) is 12.8. The number of hydrogen-bond acceptors (Lipinski definition) is 7. The molecule has 0 spiro atoms. The molecule has 1 aliphatic heterocycles. The maximum absolute atomic E-state index is 12.0. The number of esters is 1. The van der Waals surface area contributed by atoms with E-state index in [9.17, 15) is 14.4 Å². The summed E-state index contributed by atoms with van der Waals surface area (Å²) in [6.45, 7) is 1.43. The second-order valence-corrected chi connectivity index (χ2v) is 4.92. The zero-order valence-corrected chi connectivity index (χ0v) is 13.8. The van der Waals surface area contributed by atoms with Gasteiger partial charge in [0.05, 0.1) is 12.8 Å². The van der Waals surface area contributed by atoms with Gasteiger partial charge in [0.1, 0.15) is 25.2 Å². The summed E-state index contributed by atoms with van der Waals surface area (Å²) in [6.07, 6.45) is 1.14. The summed E-state index contributed by atoms with van der Waals surface area (Å²) >= 11 is 0. The molecule has 0 radical (unpaired) electrons. The molecule has 9 nitrogen and oxygen atoms in total. The standard InChI is InChI=1S/C16H18N2O7/c1-10(19)17-11-3-4-13(22-2)12(7-11)18-15(20)9-25-16(21)14-8-23-5-6-24-14/h3-4,7-8H,5-6,9H2,1-2H3,(H,17,19)(H,18,20). The Labute approximate surface area is 143 Å². The van der Waals surface area contributed by atoms with Gasteiger partial charge < -0.3 is 29.6 Å². The van der Waals surface area contributed by atoms with Gasteiger partial charge in [0.15, 0.2) is 6.61 Å². The van der Waals surface area contributed by atoms with E-state index in [1.165, 1.54) is 20.1 Å². The van der Waals surface area contributed by atoms with Gasteiger partial charge in [-0.15, -0.1) is 0 Å². The van der Waals surface area contributed by atoms with Crippen LogP contribution in [0.2, 0.25) is 0 Å². The molecule has 0 bridgehead atoms. The third-order valence-corrected chi connectivity index (χ3v) is 2.98. The van der Waals surface area contributed by atoms with Crippen LogP contribution in [0, 0.1) is 0 Å². The fraction of sp³-hybridized carbons (Fsp3) is 0.312. The first-order valence-corrected chi connectivity index (χ1v) is 7.36. The van der Waals surface area contributed by atoms with Crippen molar-refractivity contribution in [3.05, 3.63) is 30.2 Å². The first kappa shape index (κ1) is 18.1. The minimum absolute atomic E-state index is 0.0933. The molecule has 2 N–H and O–H groups in total. The highest BCUT2D eigenvalue weighted by Crippen LogP contribution is 2.27. The van der Waals surface area contributed by atoms with Crippen molar-refractivity contribution < 1.29 is 33.3 Å². The molecule has 9 heteroatoms. The van der Waals surface area contributed by atoms with Crippen LogP contribution in [0.5, 0.6) is 5.75 Å². The van der Waals surface area contributed by atoms with Gasteiger partial charge in [-0.3, -0.25) is 9.59 Å². The van der Waals surface area contributed by atoms with E-state index in [4.69, 9.17) is 18.9 Å². The van der Waals surface area contributed by atoms with Gasteiger partial charge in [-0.25, -0.2) is 4.79 Å². The Morgan fingerprint density at radius 3 is 2.64 bits per heavy atom. The second kappa shape index (κ2) is 8.57. The van der Waals surface area contributed by atoms with Crippen LogP contribution in [0.1, 0.15) is 6.92 Å². The fourth-order valence-electron chi connectivity index (χ4n) is 1.95. The lowest BCUT2D eigenvalue weighted by Crippen LogP contribution is -2.24. The van der Waals surface area contributed by atoms with Gasteiger partial charge in [-0.05, 0) is 18.2 Å². The predicted molar refractivity (Wildman–Crippen MR) is 86.9 cm³/mol. The molecule has 134 valence electrons. The van der Waals surface area contributed by atoms with Crippen molar-refractivity contribution in [2.24, 2.45) is 0 Å². The number of hydrogen-bond donors (Lipinski definition) is 2. The molecule has 0 aliphatic carbocycles. The Hall–Kier alpha value is -3.23. The number of carbonyl (C=O) groups excluding carboxylic acids is 3. The molecule has 2 amide bonds. The van der Waals surface area contributed by atoms with Crippen LogP contribution >= 0.6 is 0 Å². The monoisotopic (exact) mass is 350 g/mol. The fourth-order valence-corrected chi connectivity index (χ4v) is 1.95. The van der Waals surface area contributed by atoms with E-state index >= 15 is 0 Å². The van der Waals surface area contributed by atoms with Crippen molar-refractivity contribution in [3.63, 3.8) is 0 Å². The highest BCUT2D eigenvalue weighted by molar-refractivity contribution is 5.97. The van der Waals surface area contributed by atoms with Crippen LogP contribution in [0.25, 0.3) is 0 Å². The van der Waals surface area contributed by atoms with Crippen molar-refractivity contribution in [1.82, 2.24) is 0 Å². The van der Waals surface area contributed by atoms with Crippen LogP contribution in [0.3, 0.4) is 0 Å². The molecule has 25 heavy (non-hydrogen) atoms. The Morgan fingerprint density at radius 2 is 2.00 bits per heavy atom. The summed E-state index contributed by atoms with van der Waals surface area (Å²) in [5.74, 6) is -1.33. The summed E-state index contributed by atoms with van der Waals surface area (Å²) in [6, 6.07) is 4.74. The summed E-state index contributed by atoms with van der Waals surface area (Å²) < 4.78 is 20.0. The molecule has 1 aromatic rings. The number of ether oxygens (including phenoxy) is 4. The molecule has 1 aliphatic rings. The predicted octanol–water partition coefficient (Wildman–Crippen LogP) is 1.02. The van der Waals surface area contributed by atoms with Crippen LogP contribution < -0.4 is 15.4 Å². The first-order valence-electron chi connectivity index (χ1n) is 7.36. The highest BCUT2D eigenvalue weighted by atomic mass is 16.6. The van der Waals surface area contributed by atoms with Crippen molar-refractivity contribution in [2.45, 2.75) is 6.92 Å². The number of anilines is 2. The van der Waals surface area contributed by atoms with Crippen LogP contribution in [0.4, 0.5) is 11.4 Å². The topological polar surface area (TPSA) is 112 Å². The Bertz CT molecular complexity index is 700. The minimum Gasteiger partial charge on any atom is -0.495 e. The lowest BCUT2D eigenvalue weighted by atomic mass is 10.2. The van der Waals surface area contributed by atoms with Gasteiger partial charge >= 0.3 is 5.97 Å². The van der Waals surface area contributed by atoms with E-state index < -0.39 is 18.5 Å². The zero-order chi connectivity index (χ0) is 18.2. The molecule has 1 heterocycles. The van der Waals surface area contributed by atoms with Gasteiger partial charge in [-0.2, -0.15) is 0 Å². The van der Waals surface area contributed by atoms with Gasteiger partial charge in [0.2, 0.25) is 11.7 Å².